The van der Waals surface area contributed by atoms with E-state index in [1.807, 2.05) is 0 Å². The van der Waals surface area contributed by atoms with Crippen molar-refractivity contribution < 1.29 is 18.3 Å². The monoisotopic (exact) mass is 262 g/mol. The van der Waals surface area contributed by atoms with Crippen LogP contribution in [0.2, 0.25) is 0 Å². The van der Waals surface area contributed by atoms with Crippen LogP contribution in [-0.2, 0) is 9.53 Å². The van der Waals surface area contributed by atoms with Crippen LogP contribution in [0.4, 0.5) is 8.78 Å². The van der Waals surface area contributed by atoms with E-state index in [-0.39, 0.29) is 30.9 Å². The normalized spacial score (nSPS) is 32.4. The highest BCUT2D eigenvalue weighted by Gasteiger charge is 2.39. The maximum Gasteiger partial charge on any atom is 0.308 e. The van der Waals surface area contributed by atoms with E-state index in [4.69, 9.17) is 4.74 Å². The van der Waals surface area contributed by atoms with Crippen LogP contribution in [0.3, 0.4) is 0 Å². The fourth-order valence-corrected chi connectivity index (χ4v) is 2.80. The third-order valence-electron chi connectivity index (χ3n) is 3.76. The van der Waals surface area contributed by atoms with Crippen LogP contribution in [0.15, 0.2) is 0 Å². The fourth-order valence-electron chi connectivity index (χ4n) is 2.80. The average molecular weight is 262 g/mol. The number of hydrogen-bond acceptors (Lipinski definition) is 4. The van der Waals surface area contributed by atoms with Gasteiger partial charge in [-0.25, -0.2) is 8.78 Å². The van der Waals surface area contributed by atoms with Gasteiger partial charge < -0.3 is 10.1 Å². The van der Waals surface area contributed by atoms with Crippen molar-refractivity contribution in [3.8, 4) is 0 Å². The number of likely N-dealkylation sites (tertiary alicyclic amines) is 1. The SMILES string of the molecule is COC(=O)[C@@H]1CCN[C@H](CN2CCC(F)(F)C2)C1. The van der Waals surface area contributed by atoms with Gasteiger partial charge in [0.15, 0.2) is 0 Å². The zero-order chi connectivity index (χ0) is 13.2. The quantitative estimate of drug-likeness (QED) is 0.766. The summed E-state index contributed by atoms with van der Waals surface area (Å²) in [4.78, 5) is 13.2. The number of methoxy groups -OCH3 is 1. The Morgan fingerprint density at radius 1 is 1.56 bits per heavy atom. The van der Waals surface area contributed by atoms with E-state index in [1.165, 1.54) is 7.11 Å². The van der Waals surface area contributed by atoms with Crippen molar-refractivity contribution in [1.29, 1.82) is 0 Å². The number of halogens is 2. The molecule has 2 aliphatic rings. The lowest BCUT2D eigenvalue weighted by atomic mass is 9.92. The molecule has 0 spiro atoms. The van der Waals surface area contributed by atoms with E-state index in [0.29, 0.717) is 19.5 Å². The summed E-state index contributed by atoms with van der Waals surface area (Å²) in [7, 11) is 1.39. The molecule has 6 heteroatoms. The highest BCUT2D eigenvalue weighted by atomic mass is 19.3. The van der Waals surface area contributed by atoms with Crippen LogP contribution in [0.25, 0.3) is 0 Å². The van der Waals surface area contributed by atoms with Gasteiger partial charge >= 0.3 is 5.97 Å². The second-order valence-corrected chi connectivity index (χ2v) is 5.24. The van der Waals surface area contributed by atoms with E-state index >= 15 is 0 Å². The van der Waals surface area contributed by atoms with Gasteiger partial charge in [0, 0.05) is 25.6 Å². The zero-order valence-corrected chi connectivity index (χ0v) is 10.6. The van der Waals surface area contributed by atoms with E-state index in [2.05, 4.69) is 5.32 Å². The molecule has 0 aromatic carbocycles. The molecule has 104 valence electrons. The van der Waals surface area contributed by atoms with Crippen LogP contribution in [0.1, 0.15) is 19.3 Å². The predicted molar refractivity (Wildman–Crippen MR) is 62.5 cm³/mol. The summed E-state index contributed by atoms with van der Waals surface area (Å²) in [6.07, 6.45) is 1.38. The molecule has 2 fully saturated rings. The van der Waals surface area contributed by atoms with Gasteiger partial charge in [0.05, 0.1) is 19.6 Å². The first-order valence-electron chi connectivity index (χ1n) is 6.41. The number of hydrogen-bond donors (Lipinski definition) is 1. The number of nitrogens with one attached hydrogen (secondary N) is 1. The van der Waals surface area contributed by atoms with Crippen LogP contribution in [0, 0.1) is 5.92 Å². The summed E-state index contributed by atoms with van der Waals surface area (Å²) >= 11 is 0. The van der Waals surface area contributed by atoms with E-state index < -0.39 is 5.92 Å². The molecule has 0 bridgehead atoms. The maximum atomic E-state index is 13.1. The molecule has 2 rings (SSSR count). The summed E-state index contributed by atoms with van der Waals surface area (Å²) in [5.74, 6) is -2.83. The smallest absolute Gasteiger partial charge is 0.308 e. The van der Waals surface area contributed by atoms with Crippen LogP contribution < -0.4 is 5.32 Å². The summed E-state index contributed by atoms with van der Waals surface area (Å²) in [6, 6.07) is 0.108. The number of rotatable bonds is 3. The first-order valence-corrected chi connectivity index (χ1v) is 6.41. The van der Waals surface area contributed by atoms with Crippen LogP contribution in [0.5, 0.6) is 0 Å². The first kappa shape index (κ1) is 13.7. The molecule has 4 nitrogen and oxygen atoms in total. The lowest BCUT2D eigenvalue weighted by Crippen LogP contribution is -2.47. The number of carbonyl (C=O) groups is 1. The first-order chi connectivity index (χ1) is 8.50. The number of esters is 1. The molecular formula is C12H20F2N2O2. The zero-order valence-electron chi connectivity index (χ0n) is 10.6. The predicted octanol–water partition coefficient (Wildman–Crippen LogP) is 0.869. The van der Waals surface area contributed by atoms with Crippen molar-refractivity contribution in [2.75, 3.05) is 33.3 Å². The molecule has 0 aromatic rings. The number of ether oxygens (including phenoxy) is 1. The molecule has 0 radical (unpaired) electrons. The van der Waals surface area contributed by atoms with Gasteiger partial charge in [0.2, 0.25) is 0 Å². The molecule has 0 aliphatic carbocycles. The topological polar surface area (TPSA) is 41.6 Å². The molecular weight excluding hydrogens is 242 g/mol. The molecule has 2 atom stereocenters. The number of alkyl halides is 2. The Morgan fingerprint density at radius 3 is 2.94 bits per heavy atom. The minimum atomic E-state index is -2.55. The van der Waals surface area contributed by atoms with Crippen molar-refractivity contribution in [2.45, 2.75) is 31.2 Å². The summed E-state index contributed by atoms with van der Waals surface area (Å²) in [6.45, 7) is 1.61. The van der Waals surface area contributed by atoms with Crippen molar-refractivity contribution in [1.82, 2.24) is 10.2 Å². The molecule has 18 heavy (non-hydrogen) atoms. The number of nitrogens with zero attached hydrogens (tertiary/aromatic N) is 1. The lowest BCUT2D eigenvalue weighted by molar-refractivity contribution is -0.146. The second-order valence-electron chi connectivity index (χ2n) is 5.24. The average Bonchev–Trinajstić information content (AvgIpc) is 2.68. The molecule has 0 aromatic heterocycles. The number of piperidine rings is 1. The standard InChI is InChI=1S/C12H20F2N2O2/c1-18-11(17)9-2-4-15-10(6-9)7-16-5-3-12(13,14)8-16/h9-10,15H,2-8H2,1H3/t9-,10+/m1/s1. The van der Waals surface area contributed by atoms with Crippen molar-refractivity contribution in [2.24, 2.45) is 5.92 Å². The Kier molecular flexibility index (Phi) is 4.17. The van der Waals surface area contributed by atoms with Crippen molar-refractivity contribution in [3.05, 3.63) is 0 Å². The fraction of sp³-hybridized carbons (Fsp3) is 0.917. The lowest BCUT2D eigenvalue weighted by Gasteiger charge is -2.31. The summed E-state index contributed by atoms with van der Waals surface area (Å²) < 4.78 is 30.9. The van der Waals surface area contributed by atoms with E-state index in [0.717, 1.165) is 13.0 Å². The highest BCUT2D eigenvalue weighted by Crippen LogP contribution is 2.27. The third kappa shape index (κ3) is 3.38. The summed E-state index contributed by atoms with van der Waals surface area (Å²) in [5.41, 5.74) is 0. The van der Waals surface area contributed by atoms with Crippen molar-refractivity contribution >= 4 is 5.97 Å². The van der Waals surface area contributed by atoms with Crippen LogP contribution >= 0.6 is 0 Å². The van der Waals surface area contributed by atoms with Crippen LogP contribution in [-0.4, -0.2) is 56.1 Å². The minimum absolute atomic E-state index is 0.0554. The van der Waals surface area contributed by atoms with Gasteiger partial charge in [0.1, 0.15) is 0 Å². The van der Waals surface area contributed by atoms with E-state index in [1.54, 1.807) is 4.90 Å². The van der Waals surface area contributed by atoms with Gasteiger partial charge in [-0.15, -0.1) is 0 Å². The molecule has 0 unspecified atom stereocenters. The van der Waals surface area contributed by atoms with Gasteiger partial charge in [-0.1, -0.05) is 0 Å². The largest absolute Gasteiger partial charge is 0.469 e. The molecule has 2 aliphatic heterocycles. The van der Waals surface area contributed by atoms with Gasteiger partial charge in [-0.05, 0) is 19.4 Å². The Hall–Kier alpha value is -0.750. The van der Waals surface area contributed by atoms with Gasteiger partial charge in [-0.3, -0.25) is 9.69 Å². The van der Waals surface area contributed by atoms with Crippen molar-refractivity contribution in [3.63, 3.8) is 0 Å². The Labute approximate surface area is 106 Å². The van der Waals surface area contributed by atoms with E-state index in [9.17, 15) is 13.6 Å². The molecule has 0 amide bonds. The maximum absolute atomic E-state index is 13.1. The Balaban J connectivity index is 1.81. The Morgan fingerprint density at radius 2 is 2.33 bits per heavy atom. The third-order valence-corrected chi connectivity index (χ3v) is 3.76. The van der Waals surface area contributed by atoms with Gasteiger partial charge in [0.25, 0.3) is 5.92 Å². The molecule has 2 saturated heterocycles. The number of carbonyl (C=O) groups excluding carboxylic acids is 1. The van der Waals surface area contributed by atoms with Gasteiger partial charge in [-0.2, -0.15) is 0 Å². The molecule has 1 N–H and O–H groups in total. The Bertz CT molecular complexity index is 312. The minimum Gasteiger partial charge on any atom is -0.469 e. The molecule has 2 heterocycles. The molecule has 0 saturated carbocycles. The highest BCUT2D eigenvalue weighted by molar-refractivity contribution is 5.72. The second kappa shape index (κ2) is 5.48. The summed E-state index contributed by atoms with van der Waals surface area (Å²) in [5, 5.41) is 3.29.